The van der Waals surface area contributed by atoms with Gasteiger partial charge in [0.05, 0.1) is 0 Å². The Labute approximate surface area is 253 Å². The number of aliphatic hydroxyl groups is 2. The minimum Gasteiger partial charge on any atom is -0.444 e. The number of halogens is 7. The van der Waals surface area contributed by atoms with Crippen molar-refractivity contribution in [3.8, 4) is 11.4 Å². The normalized spacial score (nSPS) is 17.4. The van der Waals surface area contributed by atoms with Crippen molar-refractivity contribution in [2.24, 2.45) is 5.41 Å². The van der Waals surface area contributed by atoms with E-state index in [0.29, 0.717) is 12.1 Å². The molecule has 2 aromatic heterocycles. The van der Waals surface area contributed by atoms with Crippen LogP contribution in [-0.2, 0) is 21.6 Å². The lowest BCUT2D eigenvalue weighted by Gasteiger charge is -2.56. The van der Waals surface area contributed by atoms with Crippen LogP contribution in [0.15, 0.2) is 47.2 Å². The number of rotatable bonds is 6. The SMILES string of the molecule is CC(C)(C)OC(=O)N1CC(C)(C(O)(c2ccc(C(F)(C(F)(F)F)C(F)(F)F)cc2)c2cncc(-c3noc(C(C)(C)O)n3)c2)C1. The van der Waals surface area contributed by atoms with E-state index in [0.717, 1.165) is 12.1 Å². The van der Waals surface area contributed by atoms with Gasteiger partial charge in [-0.1, -0.05) is 36.3 Å². The maximum absolute atomic E-state index is 14.8. The summed E-state index contributed by atoms with van der Waals surface area (Å²) in [4.78, 5) is 22.2. The average Bonchev–Trinajstić information content (AvgIpc) is 3.39. The van der Waals surface area contributed by atoms with Gasteiger partial charge in [-0.25, -0.2) is 9.18 Å². The number of nitrogens with zero attached hydrogens (tertiary/aromatic N) is 4. The Bertz CT molecular complexity index is 1540. The van der Waals surface area contributed by atoms with E-state index in [1.807, 2.05) is 0 Å². The predicted molar refractivity (Wildman–Crippen MR) is 143 cm³/mol. The first-order valence-electron chi connectivity index (χ1n) is 13.5. The fourth-order valence-corrected chi connectivity index (χ4v) is 5.12. The Kier molecular flexibility index (Phi) is 8.06. The van der Waals surface area contributed by atoms with Gasteiger partial charge in [0.2, 0.25) is 5.82 Å². The van der Waals surface area contributed by atoms with Crippen LogP contribution in [0.2, 0.25) is 0 Å². The first-order chi connectivity index (χ1) is 20.3. The fourth-order valence-electron chi connectivity index (χ4n) is 5.12. The number of hydrogen-bond acceptors (Lipinski definition) is 8. The molecule has 1 atom stereocenters. The predicted octanol–water partition coefficient (Wildman–Crippen LogP) is 6.14. The second-order valence-corrected chi connectivity index (χ2v) is 12.8. The number of ether oxygens (including phenoxy) is 1. The second-order valence-electron chi connectivity index (χ2n) is 12.8. The van der Waals surface area contributed by atoms with Crippen molar-refractivity contribution in [3.05, 3.63) is 65.3 Å². The van der Waals surface area contributed by atoms with Crippen LogP contribution in [0.3, 0.4) is 0 Å². The van der Waals surface area contributed by atoms with Crippen molar-refractivity contribution < 1.29 is 55.0 Å². The van der Waals surface area contributed by atoms with Crippen LogP contribution >= 0.6 is 0 Å². The number of aromatic nitrogens is 3. The Hall–Kier alpha value is -3.79. The Morgan fingerprint density at radius 1 is 0.889 bits per heavy atom. The molecule has 9 nitrogen and oxygen atoms in total. The summed E-state index contributed by atoms with van der Waals surface area (Å²) in [5.41, 5.74) is -13.4. The van der Waals surface area contributed by atoms with Crippen molar-refractivity contribution in [2.45, 2.75) is 76.4 Å². The summed E-state index contributed by atoms with van der Waals surface area (Å²) in [5, 5.41) is 26.4. The number of amides is 1. The molecule has 2 N–H and O–H groups in total. The van der Waals surface area contributed by atoms with E-state index >= 15 is 0 Å². The first-order valence-corrected chi connectivity index (χ1v) is 13.5. The van der Waals surface area contributed by atoms with E-state index in [4.69, 9.17) is 9.26 Å². The molecule has 0 aliphatic carbocycles. The van der Waals surface area contributed by atoms with Crippen LogP contribution in [0.5, 0.6) is 0 Å². The molecule has 0 radical (unpaired) electrons. The van der Waals surface area contributed by atoms with E-state index in [1.54, 1.807) is 27.7 Å². The Morgan fingerprint density at radius 2 is 1.42 bits per heavy atom. The maximum atomic E-state index is 14.8. The number of benzene rings is 1. The van der Waals surface area contributed by atoms with Crippen LogP contribution < -0.4 is 0 Å². The van der Waals surface area contributed by atoms with Crippen LogP contribution in [0.1, 0.15) is 64.1 Å². The lowest BCUT2D eigenvalue weighted by atomic mass is 9.62. The summed E-state index contributed by atoms with van der Waals surface area (Å²) in [6.45, 7) is 8.96. The molecule has 1 unspecified atom stereocenters. The highest BCUT2D eigenvalue weighted by Crippen LogP contribution is 2.55. The minimum absolute atomic E-state index is 0.00754. The topological polar surface area (TPSA) is 122 Å². The van der Waals surface area contributed by atoms with Crippen molar-refractivity contribution in [2.75, 3.05) is 13.1 Å². The van der Waals surface area contributed by atoms with Crippen LogP contribution in [0.4, 0.5) is 35.5 Å². The summed E-state index contributed by atoms with van der Waals surface area (Å²) < 4.78 is 106. The van der Waals surface area contributed by atoms with E-state index in [2.05, 4.69) is 15.1 Å². The highest BCUT2D eigenvalue weighted by molar-refractivity contribution is 5.70. The maximum Gasteiger partial charge on any atom is 0.435 e. The van der Waals surface area contributed by atoms with Gasteiger partial charge in [0.15, 0.2) is 0 Å². The van der Waals surface area contributed by atoms with E-state index < -0.39 is 51.9 Å². The van der Waals surface area contributed by atoms with Crippen LogP contribution in [0, 0.1) is 5.41 Å². The summed E-state index contributed by atoms with van der Waals surface area (Å²) in [6, 6.07) is 3.50. The molecule has 0 spiro atoms. The summed E-state index contributed by atoms with van der Waals surface area (Å²) in [7, 11) is 0. The molecule has 3 aromatic rings. The molecule has 1 aromatic carbocycles. The summed E-state index contributed by atoms with van der Waals surface area (Å²) in [6.07, 6.45) is -10.9. The number of hydrogen-bond donors (Lipinski definition) is 2. The number of carbonyl (C=O) groups excluding carboxylic acids is 1. The molecular formula is C29H31F7N4O5. The molecule has 1 amide bonds. The smallest absolute Gasteiger partial charge is 0.435 e. The van der Waals surface area contributed by atoms with E-state index in [1.165, 1.54) is 37.2 Å². The summed E-state index contributed by atoms with van der Waals surface area (Å²) in [5.74, 6) is -0.192. The second kappa shape index (κ2) is 10.6. The number of carbonyl (C=O) groups is 1. The molecule has 3 heterocycles. The van der Waals surface area contributed by atoms with Gasteiger partial charge in [0.1, 0.15) is 16.8 Å². The third-order valence-electron chi connectivity index (χ3n) is 7.45. The molecule has 0 saturated carbocycles. The molecule has 4 rings (SSSR count). The standard InChI is InChI=1S/C29H31F7N4O5/c1-23(2,3)44-22(41)40-14-25(6,15-40)26(43,17-7-9-18(10-8-17)27(30,28(31,32)33)29(34,35)36)19-11-16(12-37-13-19)20-38-21(45-39-20)24(4,5)42/h7-13,42-43H,14-15H2,1-6H3. The number of alkyl halides is 7. The fraction of sp³-hybridized carbons (Fsp3) is 0.517. The largest absolute Gasteiger partial charge is 0.444 e. The highest BCUT2D eigenvalue weighted by Gasteiger charge is 2.73. The Balaban J connectivity index is 1.83. The van der Waals surface area contributed by atoms with Gasteiger partial charge in [-0.3, -0.25) is 4.98 Å². The average molecular weight is 649 g/mol. The zero-order valence-corrected chi connectivity index (χ0v) is 25.0. The zero-order chi connectivity index (χ0) is 34.0. The molecule has 45 heavy (non-hydrogen) atoms. The molecule has 16 heteroatoms. The van der Waals surface area contributed by atoms with Crippen LogP contribution in [-0.4, -0.2) is 67.4 Å². The third kappa shape index (κ3) is 5.96. The van der Waals surface area contributed by atoms with Crippen molar-refractivity contribution in [3.63, 3.8) is 0 Å². The molecular weight excluding hydrogens is 617 g/mol. The molecule has 1 fully saturated rings. The van der Waals surface area contributed by atoms with Gasteiger partial charge in [-0.15, -0.1) is 0 Å². The molecule has 1 aliphatic heterocycles. The first kappa shape index (κ1) is 34.1. The van der Waals surface area contributed by atoms with Gasteiger partial charge < -0.3 is 24.4 Å². The molecule has 1 saturated heterocycles. The van der Waals surface area contributed by atoms with Gasteiger partial charge in [0.25, 0.3) is 5.89 Å². The molecule has 246 valence electrons. The zero-order valence-electron chi connectivity index (χ0n) is 25.0. The van der Waals surface area contributed by atoms with Crippen molar-refractivity contribution in [1.29, 1.82) is 0 Å². The van der Waals surface area contributed by atoms with E-state index in [-0.39, 0.29) is 41.5 Å². The Morgan fingerprint density at radius 3 is 1.89 bits per heavy atom. The lowest BCUT2D eigenvalue weighted by Crippen LogP contribution is -2.66. The van der Waals surface area contributed by atoms with Crippen LogP contribution in [0.25, 0.3) is 11.4 Å². The number of likely N-dealkylation sites (tertiary alicyclic amines) is 1. The quantitative estimate of drug-likeness (QED) is 0.306. The summed E-state index contributed by atoms with van der Waals surface area (Å²) >= 11 is 0. The van der Waals surface area contributed by atoms with Gasteiger partial charge in [-0.2, -0.15) is 31.3 Å². The molecule has 0 bridgehead atoms. The minimum atomic E-state index is -6.33. The third-order valence-corrected chi connectivity index (χ3v) is 7.45. The number of pyridine rings is 1. The van der Waals surface area contributed by atoms with Gasteiger partial charge in [0, 0.05) is 47.6 Å². The van der Waals surface area contributed by atoms with E-state index in [9.17, 15) is 45.7 Å². The van der Waals surface area contributed by atoms with Crippen molar-refractivity contribution in [1.82, 2.24) is 20.0 Å². The van der Waals surface area contributed by atoms with Gasteiger partial charge in [-0.05, 0) is 46.2 Å². The van der Waals surface area contributed by atoms with Crippen molar-refractivity contribution >= 4 is 6.09 Å². The molecule has 1 aliphatic rings. The van der Waals surface area contributed by atoms with Gasteiger partial charge >= 0.3 is 24.1 Å². The highest BCUT2D eigenvalue weighted by atomic mass is 19.4. The monoisotopic (exact) mass is 648 g/mol. The lowest BCUT2D eigenvalue weighted by molar-refractivity contribution is -0.348.